The van der Waals surface area contributed by atoms with Gasteiger partial charge in [-0.1, -0.05) is 18.2 Å². The monoisotopic (exact) mass is 256 g/mol. The molecule has 0 rings (SSSR count). The maximum Gasteiger partial charge on any atom is 0.0877 e. The van der Waals surface area contributed by atoms with Gasteiger partial charge < -0.3 is 20.1 Å². The molecular formula is C14H24O4. The minimum atomic E-state index is -1.15. The molecule has 0 aliphatic heterocycles. The van der Waals surface area contributed by atoms with Gasteiger partial charge in [-0.3, -0.25) is 0 Å². The topological polar surface area (TPSA) is 69.9 Å². The van der Waals surface area contributed by atoms with Crippen LogP contribution in [0.5, 0.6) is 0 Å². The molecule has 0 heterocycles. The molecule has 0 aliphatic rings. The predicted molar refractivity (Wildman–Crippen MR) is 72.2 cm³/mol. The van der Waals surface area contributed by atoms with Crippen LogP contribution in [0.3, 0.4) is 0 Å². The lowest BCUT2D eigenvalue weighted by Gasteiger charge is -2.47. The zero-order chi connectivity index (χ0) is 14.1. The summed E-state index contributed by atoms with van der Waals surface area (Å²) in [6, 6.07) is 0. The average Bonchev–Trinajstić information content (AvgIpc) is 2.39. The van der Waals surface area contributed by atoms with Crippen molar-refractivity contribution in [1.82, 2.24) is 0 Å². The highest BCUT2D eigenvalue weighted by Gasteiger charge is 2.50. The average molecular weight is 256 g/mol. The summed E-state index contributed by atoms with van der Waals surface area (Å²) in [5.74, 6) is 0. The molecule has 18 heavy (non-hydrogen) atoms. The Morgan fingerprint density at radius 1 is 0.833 bits per heavy atom. The third kappa shape index (κ3) is 3.29. The zero-order valence-electron chi connectivity index (χ0n) is 10.8. The van der Waals surface area contributed by atoms with Gasteiger partial charge in [-0.25, -0.2) is 0 Å². The molecule has 3 N–H and O–H groups in total. The minimum absolute atomic E-state index is 0.253. The van der Waals surface area contributed by atoms with Gasteiger partial charge in [0.15, 0.2) is 0 Å². The van der Waals surface area contributed by atoms with Crippen LogP contribution in [0.25, 0.3) is 0 Å². The fourth-order valence-electron chi connectivity index (χ4n) is 2.05. The van der Waals surface area contributed by atoms with E-state index < -0.39 is 30.8 Å². The van der Waals surface area contributed by atoms with Crippen molar-refractivity contribution in [3.63, 3.8) is 0 Å². The largest absolute Gasteiger partial charge is 0.395 e. The van der Waals surface area contributed by atoms with E-state index in [4.69, 9.17) is 4.74 Å². The smallest absolute Gasteiger partial charge is 0.0877 e. The van der Waals surface area contributed by atoms with Gasteiger partial charge in [0.25, 0.3) is 0 Å². The van der Waals surface area contributed by atoms with Crippen molar-refractivity contribution in [3.05, 3.63) is 38.0 Å². The summed E-state index contributed by atoms with van der Waals surface area (Å²) in [6.07, 6.45) is 5.63. The normalized spacial score (nSPS) is 12.2. The standard InChI is InChI=1S/C14H24O4/c1-4-7-14(8-5-2,18-9-6-3)13(10-15,11-16)12-17/h4-6,15-17H,1-3,7-12H2. The Kier molecular flexibility index (Phi) is 7.78. The van der Waals surface area contributed by atoms with Crippen molar-refractivity contribution in [1.29, 1.82) is 0 Å². The number of aliphatic hydroxyl groups is 3. The first-order valence-corrected chi connectivity index (χ1v) is 5.91. The van der Waals surface area contributed by atoms with Crippen LogP contribution in [0.4, 0.5) is 0 Å². The van der Waals surface area contributed by atoms with Gasteiger partial charge in [0.1, 0.15) is 0 Å². The van der Waals surface area contributed by atoms with E-state index in [0.29, 0.717) is 12.8 Å². The van der Waals surface area contributed by atoms with E-state index in [1.54, 1.807) is 18.2 Å². The molecule has 0 spiro atoms. The number of rotatable bonds is 11. The molecule has 0 saturated heterocycles. The Balaban J connectivity index is 5.51. The van der Waals surface area contributed by atoms with Crippen molar-refractivity contribution < 1.29 is 20.1 Å². The Bertz CT molecular complexity index is 251. The van der Waals surface area contributed by atoms with Crippen LogP contribution in [0, 0.1) is 5.41 Å². The molecule has 0 amide bonds. The Labute approximate surface area is 109 Å². The molecule has 0 atom stereocenters. The van der Waals surface area contributed by atoms with Crippen molar-refractivity contribution in [3.8, 4) is 0 Å². The Morgan fingerprint density at radius 3 is 1.56 bits per heavy atom. The first-order valence-electron chi connectivity index (χ1n) is 5.91. The van der Waals surface area contributed by atoms with E-state index in [1.165, 1.54) is 0 Å². The van der Waals surface area contributed by atoms with Crippen LogP contribution in [0.1, 0.15) is 12.8 Å². The van der Waals surface area contributed by atoms with Crippen LogP contribution >= 0.6 is 0 Å². The quantitative estimate of drug-likeness (QED) is 0.483. The van der Waals surface area contributed by atoms with E-state index >= 15 is 0 Å². The second-order valence-electron chi connectivity index (χ2n) is 4.33. The molecule has 0 aromatic rings. The van der Waals surface area contributed by atoms with Crippen molar-refractivity contribution in [2.75, 3.05) is 26.4 Å². The molecule has 0 radical (unpaired) electrons. The van der Waals surface area contributed by atoms with Gasteiger partial charge in [-0.15, -0.1) is 19.7 Å². The summed E-state index contributed by atoms with van der Waals surface area (Å²) in [5, 5.41) is 28.7. The molecule has 0 bridgehead atoms. The zero-order valence-corrected chi connectivity index (χ0v) is 10.8. The summed E-state index contributed by atoms with van der Waals surface area (Å²) in [7, 11) is 0. The SMILES string of the molecule is C=CCOC(CC=C)(CC=C)C(CO)(CO)CO. The third-order valence-electron chi connectivity index (χ3n) is 3.30. The summed E-state index contributed by atoms with van der Waals surface area (Å²) >= 11 is 0. The van der Waals surface area contributed by atoms with E-state index in [2.05, 4.69) is 19.7 Å². The number of hydrogen-bond donors (Lipinski definition) is 3. The molecule has 0 saturated carbocycles. The summed E-state index contributed by atoms with van der Waals surface area (Å²) in [6.45, 7) is 10.00. The maximum absolute atomic E-state index is 9.57. The fourth-order valence-corrected chi connectivity index (χ4v) is 2.05. The first-order chi connectivity index (χ1) is 8.61. The van der Waals surface area contributed by atoms with Crippen molar-refractivity contribution in [2.24, 2.45) is 5.41 Å². The molecule has 0 fully saturated rings. The first kappa shape index (κ1) is 17.1. The van der Waals surface area contributed by atoms with Gasteiger partial charge in [0, 0.05) is 0 Å². The predicted octanol–water partition coefficient (Wildman–Crippen LogP) is 1.04. The molecule has 104 valence electrons. The highest BCUT2D eigenvalue weighted by molar-refractivity contribution is 5.06. The van der Waals surface area contributed by atoms with E-state index in [0.717, 1.165) is 0 Å². The van der Waals surface area contributed by atoms with Gasteiger partial charge in [-0.05, 0) is 12.8 Å². The van der Waals surface area contributed by atoms with Crippen LogP contribution in [-0.2, 0) is 4.74 Å². The molecule has 0 unspecified atom stereocenters. The Morgan fingerprint density at radius 2 is 1.28 bits per heavy atom. The number of aliphatic hydroxyl groups excluding tert-OH is 3. The van der Waals surface area contributed by atoms with Gasteiger partial charge in [-0.2, -0.15) is 0 Å². The van der Waals surface area contributed by atoms with Gasteiger partial charge in [0.2, 0.25) is 0 Å². The van der Waals surface area contributed by atoms with Gasteiger partial charge in [0.05, 0.1) is 37.4 Å². The lowest BCUT2D eigenvalue weighted by atomic mass is 9.69. The molecule has 0 aromatic heterocycles. The second-order valence-corrected chi connectivity index (χ2v) is 4.33. The highest BCUT2D eigenvalue weighted by atomic mass is 16.5. The number of hydrogen-bond acceptors (Lipinski definition) is 4. The van der Waals surface area contributed by atoms with Crippen molar-refractivity contribution in [2.45, 2.75) is 18.4 Å². The van der Waals surface area contributed by atoms with Crippen LogP contribution < -0.4 is 0 Å². The number of ether oxygens (including phenoxy) is 1. The molecule has 0 aliphatic carbocycles. The fraction of sp³-hybridized carbons (Fsp3) is 0.571. The second kappa shape index (κ2) is 8.21. The van der Waals surface area contributed by atoms with Crippen molar-refractivity contribution >= 4 is 0 Å². The van der Waals surface area contributed by atoms with Crippen LogP contribution in [-0.4, -0.2) is 47.3 Å². The maximum atomic E-state index is 9.57. The molecule has 4 heteroatoms. The lowest BCUT2D eigenvalue weighted by Crippen LogP contribution is -2.56. The summed E-state index contributed by atoms with van der Waals surface area (Å²) in [4.78, 5) is 0. The minimum Gasteiger partial charge on any atom is -0.395 e. The van der Waals surface area contributed by atoms with Gasteiger partial charge >= 0.3 is 0 Å². The molecule has 0 aromatic carbocycles. The third-order valence-corrected chi connectivity index (χ3v) is 3.30. The van der Waals surface area contributed by atoms with Crippen LogP contribution in [0.15, 0.2) is 38.0 Å². The van der Waals surface area contributed by atoms with E-state index in [-0.39, 0.29) is 6.61 Å². The lowest BCUT2D eigenvalue weighted by molar-refractivity contribution is -0.176. The molecular weight excluding hydrogens is 232 g/mol. The van der Waals surface area contributed by atoms with E-state index in [1.807, 2.05) is 0 Å². The van der Waals surface area contributed by atoms with E-state index in [9.17, 15) is 15.3 Å². The Hall–Kier alpha value is -0.940. The van der Waals surface area contributed by atoms with Crippen LogP contribution in [0.2, 0.25) is 0 Å². The molecule has 4 nitrogen and oxygen atoms in total. The summed E-state index contributed by atoms with van der Waals surface area (Å²) < 4.78 is 5.76. The summed E-state index contributed by atoms with van der Waals surface area (Å²) in [5.41, 5.74) is -2.10. The highest BCUT2D eigenvalue weighted by Crippen LogP contribution is 2.40.